The number of aromatic nitrogens is 3. The second kappa shape index (κ2) is 5.08. The number of carbonyl (C=O) groups is 1. The maximum absolute atomic E-state index is 13.0. The van der Waals surface area contributed by atoms with Crippen molar-refractivity contribution in [2.24, 2.45) is 0 Å². The monoisotopic (exact) mass is 270 g/mol. The fourth-order valence-corrected chi connectivity index (χ4v) is 2.02. The summed E-state index contributed by atoms with van der Waals surface area (Å²) in [6.07, 6.45) is 6.10. The van der Waals surface area contributed by atoms with Gasteiger partial charge in [0, 0.05) is 23.8 Å². The molecule has 6 heteroatoms. The smallest absolute Gasteiger partial charge is 0.228 e. The number of nitrogens with one attached hydrogen (secondary N) is 2. The highest BCUT2D eigenvalue weighted by atomic mass is 19.1. The van der Waals surface area contributed by atoms with Crippen molar-refractivity contribution in [3.8, 4) is 0 Å². The average Bonchev–Trinajstić information content (AvgIpc) is 2.82. The molecule has 100 valence electrons. The summed E-state index contributed by atoms with van der Waals surface area (Å²) in [6, 6.07) is 4.93. The average molecular weight is 270 g/mol. The number of hydrogen-bond acceptors (Lipinski definition) is 3. The van der Waals surface area contributed by atoms with Gasteiger partial charge in [-0.2, -0.15) is 0 Å². The van der Waals surface area contributed by atoms with Crippen LogP contribution in [-0.4, -0.2) is 20.9 Å². The van der Waals surface area contributed by atoms with Gasteiger partial charge >= 0.3 is 0 Å². The molecule has 2 N–H and O–H groups in total. The molecule has 0 fully saturated rings. The molecule has 3 aromatic rings. The van der Waals surface area contributed by atoms with Crippen LogP contribution in [0.15, 0.2) is 43.0 Å². The summed E-state index contributed by atoms with van der Waals surface area (Å²) in [5, 5.41) is 3.51. The van der Waals surface area contributed by atoms with Gasteiger partial charge in [0.2, 0.25) is 5.91 Å². The second-order valence-corrected chi connectivity index (χ2v) is 4.33. The number of halogens is 1. The summed E-state index contributed by atoms with van der Waals surface area (Å²) in [5.41, 5.74) is 1.92. The molecule has 5 nitrogen and oxygen atoms in total. The highest BCUT2D eigenvalue weighted by molar-refractivity contribution is 5.95. The second-order valence-electron chi connectivity index (χ2n) is 4.33. The van der Waals surface area contributed by atoms with Gasteiger partial charge in [0.1, 0.15) is 11.5 Å². The minimum Gasteiger partial charge on any atom is -0.346 e. The van der Waals surface area contributed by atoms with E-state index in [1.807, 2.05) is 12.1 Å². The zero-order chi connectivity index (χ0) is 13.9. The predicted molar refractivity (Wildman–Crippen MR) is 72.6 cm³/mol. The van der Waals surface area contributed by atoms with E-state index in [0.29, 0.717) is 5.69 Å². The summed E-state index contributed by atoms with van der Waals surface area (Å²) in [7, 11) is 0. The van der Waals surface area contributed by atoms with Gasteiger partial charge < -0.3 is 10.3 Å². The molecule has 0 radical (unpaired) electrons. The number of nitrogens with zero attached hydrogens (tertiary/aromatic N) is 2. The summed E-state index contributed by atoms with van der Waals surface area (Å²) in [4.78, 5) is 22.8. The Morgan fingerprint density at radius 3 is 3.15 bits per heavy atom. The van der Waals surface area contributed by atoms with Crippen LogP contribution in [0.2, 0.25) is 0 Å². The molecule has 0 saturated carbocycles. The Balaban J connectivity index is 1.76. The van der Waals surface area contributed by atoms with Crippen molar-refractivity contribution in [1.82, 2.24) is 15.0 Å². The van der Waals surface area contributed by atoms with Crippen LogP contribution in [0.5, 0.6) is 0 Å². The third-order valence-corrected chi connectivity index (χ3v) is 2.88. The molecule has 0 unspecified atom stereocenters. The van der Waals surface area contributed by atoms with Crippen molar-refractivity contribution in [3.63, 3.8) is 0 Å². The van der Waals surface area contributed by atoms with Crippen LogP contribution in [0.25, 0.3) is 11.0 Å². The topological polar surface area (TPSA) is 70.7 Å². The van der Waals surface area contributed by atoms with Gasteiger partial charge in [0.05, 0.1) is 24.5 Å². The summed E-state index contributed by atoms with van der Waals surface area (Å²) >= 11 is 0. The van der Waals surface area contributed by atoms with E-state index in [1.54, 1.807) is 12.4 Å². The first-order valence-electron chi connectivity index (χ1n) is 6.04. The fraction of sp³-hybridized carbons (Fsp3) is 0.0714. The van der Waals surface area contributed by atoms with E-state index in [1.165, 1.54) is 12.3 Å². The van der Waals surface area contributed by atoms with Gasteiger partial charge in [0.15, 0.2) is 0 Å². The van der Waals surface area contributed by atoms with Crippen LogP contribution in [0.3, 0.4) is 0 Å². The number of rotatable bonds is 3. The lowest BCUT2D eigenvalue weighted by molar-refractivity contribution is -0.115. The number of aromatic amines is 1. The normalized spacial score (nSPS) is 10.7. The van der Waals surface area contributed by atoms with Gasteiger partial charge in [-0.25, -0.2) is 9.37 Å². The summed E-state index contributed by atoms with van der Waals surface area (Å²) < 4.78 is 13.0. The first-order chi connectivity index (χ1) is 9.72. The number of hydrogen-bond donors (Lipinski definition) is 2. The molecular formula is C14H11FN4O. The Morgan fingerprint density at radius 1 is 1.40 bits per heavy atom. The number of carbonyl (C=O) groups excluding carboxylic acids is 1. The molecule has 0 spiro atoms. The van der Waals surface area contributed by atoms with Crippen LogP contribution < -0.4 is 5.32 Å². The van der Waals surface area contributed by atoms with Crippen LogP contribution in [0.1, 0.15) is 5.56 Å². The molecule has 3 heterocycles. The lowest BCUT2D eigenvalue weighted by atomic mass is 10.1. The molecular weight excluding hydrogens is 259 g/mol. The van der Waals surface area contributed by atoms with E-state index in [4.69, 9.17) is 0 Å². The van der Waals surface area contributed by atoms with Crippen molar-refractivity contribution in [3.05, 3.63) is 54.4 Å². The minimum absolute atomic E-state index is 0.183. The van der Waals surface area contributed by atoms with Gasteiger partial charge in [-0.05, 0) is 17.7 Å². The first-order valence-corrected chi connectivity index (χ1v) is 6.04. The molecule has 0 aliphatic rings. The molecule has 0 aliphatic heterocycles. The van der Waals surface area contributed by atoms with Crippen LogP contribution >= 0.6 is 0 Å². The van der Waals surface area contributed by atoms with Gasteiger partial charge in [-0.3, -0.25) is 9.78 Å². The van der Waals surface area contributed by atoms with E-state index in [9.17, 15) is 9.18 Å². The maximum Gasteiger partial charge on any atom is 0.228 e. The Kier molecular flexibility index (Phi) is 3.12. The van der Waals surface area contributed by atoms with E-state index in [0.717, 1.165) is 22.8 Å². The van der Waals surface area contributed by atoms with Gasteiger partial charge in [0.25, 0.3) is 0 Å². The van der Waals surface area contributed by atoms with Crippen LogP contribution in [-0.2, 0) is 11.2 Å². The lowest BCUT2D eigenvalue weighted by Gasteiger charge is -2.04. The third-order valence-electron chi connectivity index (χ3n) is 2.88. The Hall–Kier alpha value is -2.76. The quantitative estimate of drug-likeness (QED) is 0.767. The molecule has 1 amide bonds. The molecule has 3 rings (SSSR count). The zero-order valence-electron chi connectivity index (χ0n) is 10.4. The molecule has 3 aromatic heterocycles. The van der Waals surface area contributed by atoms with Gasteiger partial charge in [-0.15, -0.1) is 0 Å². The molecule has 0 saturated heterocycles. The van der Waals surface area contributed by atoms with E-state index >= 15 is 0 Å². The maximum atomic E-state index is 13.0. The van der Waals surface area contributed by atoms with Crippen molar-refractivity contribution in [2.45, 2.75) is 6.42 Å². The van der Waals surface area contributed by atoms with E-state index in [-0.39, 0.29) is 12.3 Å². The summed E-state index contributed by atoms with van der Waals surface area (Å²) in [6.45, 7) is 0. The standard InChI is InChI=1S/C14H11FN4O/c15-10-5-11(8-16-7-10)19-13(20)4-9-6-18-14-12(9)2-1-3-17-14/h1-3,5-8H,4H2,(H,17,18)(H,19,20). The first kappa shape index (κ1) is 12.3. The fourth-order valence-electron chi connectivity index (χ4n) is 2.02. The Bertz CT molecular complexity index is 768. The van der Waals surface area contributed by atoms with Crippen molar-refractivity contribution in [1.29, 1.82) is 0 Å². The van der Waals surface area contributed by atoms with Crippen molar-refractivity contribution < 1.29 is 9.18 Å². The molecule has 0 aromatic carbocycles. The lowest BCUT2D eigenvalue weighted by Crippen LogP contribution is -2.14. The number of fused-ring (bicyclic) bond motifs is 1. The molecule has 0 atom stereocenters. The number of H-pyrrole nitrogens is 1. The van der Waals surface area contributed by atoms with Crippen molar-refractivity contribution >= 4 is 22.6 Å². The predicted octanol–water partition coefficient (Wildman–Crippen LogP) is 2.28. The highest BCUT2D eigenvalue weighted by Crippen LogP contribution is 2.16. The SMILES string of the molecule is O=C(Cc1c[nH]c2ncccc12)Nc1cncc(F)c1. The number of anilines is 1. The largest absolute Gasteiger partial charge is 0.346 e. The van der Waals surface area contributed by atoms with Crippen LogP contribution in [0, 0.1) is 5.82 Å². The molecule has 20 heavy (non-hydrogen) atoms. The Labute approximate surface area is 113 Å². The summed E-state index contributed by atoms with van der Waals surface area (Å²) in [5.74, 6) is -0.721. The molecule has 0 bridgehead atoms. The van der Waals surface area contributed by atoms with E-state index in [2.05, 4.69) is 20.3 Å². The minimum atomic E-state index is -0.487. The van der Waals surface area contributed by atoms with Crippen molar-refractivity contribution in [2.75, 3.05) is 5.32 Å². The Morgan fingerprint density at radius 2 is 2.30 bits per heavy atom. The highest BCUT2D eigenvalue weighted by Gasteiger charge is 2.09. The zero-order valence-corrected chi connectivity index (χ0v) is 10.4. The number of pyridine rings is 2. The molecule has 0 aliphatic carbocycles. The van der Waals surface area contributed by atoms with Gasteiger partial charge in [-0.1, -0.05) is 0 Å². The number of amides is 1. The van der Waals surface area contributed by atoms with Crippen LogP contribution in [0.4, 0.5) is 10.1 Å². The van der Waals surface area contributed by atoms with E-state index < -0.39 is 5.82 Å². The third kappa shape index (κ3) is 2.49.